The minimum absolute atomic E-state index is 0.210. The number of amidine groups is 1. The largest absolute Gasteiger partial charge is 0.409 e. The highest BCUT2D eigenvalue weighted by molar-refractivity contribution is 5.80. The van der Waals surface area contributed by atoms with Crippen molar-refractivity contribution in [2.24, 2.45) is 10.9 Å². The maximum Gasteiger partial charge on any atom is 0.225 e. The SMILES string of the molecule is CC(C)N(CCC(N)=NO)c1ncccn1. The van der Waals surface area contributed by atoms with Crippen LogP contribution in [0.1, 0.15) is 20.3 Å². The van der Waals surface area contributed by atoms with Crippen molar-refractivity contribution in [3.05, 3.63) is 18.5 Å². The molecule has 0 amide bonds. The van der Waals surface area contributed by atoms with Gasteiger partial charge in [0, 0.05) is 31.4 Å². The molecule has 0 radical (unpaired) electrons. The van der Waals surface area contributed by atoms with Crippen LogP contribution in [0.3, 0.4) is 0 Å². The van der Waals surface area contributed by atoms with Crippen LogP contribution in [0.25, 0.3) is 0 Å². The van der Waals surface area contributed by atoms with Crippen LogP contribution in [0.5, 0.6) is 0 Å². The Kier molecular flexibility index (Phi) is 4.50. The average Bonchev–Trinajstić information content (AvgIpc) is 2.30. The molecule has 1 aromatic rings. The van der Waals surface area contributed by atoms with E-state index in [2.05, 4.69) is 15.1 Å². The molecule has 0 aromatic carbocycles. The lowest BCUT2D eigenvalue weighted by Crippen LogP contribution is -2.35. The van der Waals surface area contributed by atoms with Crippen molar-refractivity contribution in [3.8, 4) is 0 Å². The molecule has 6 heteroatoms. The topological polar surface area (TPSA) is 87.6 Å². The van der Waals surface area contributed by atoms with Crippen molar-refractivity contribution in [1.82, 2.24) is 9.97 Å². The van der Waals surface area contributed by atoms with E-state index in [0.717, 1.165) is 0 Å². The first kappa shape index (κ1) is 12.2. The molecule has 1 heterocycles. The molecule has 0 saturated carbocycles. The molecule has 16 heavy (non-hydrogen) atoms. The predicted octanol–water partition coefficient (Wildman–Crippen LogP) is 0.828. The number of nitrogens with zero attached hydrogens (tertiary/aromatic N) is 4. The van der Waals surface area contributed by atoms with Crippen LogP contribution < -0.4 is 10.6 Å². The summed E-state index contributed by atoms with van der Waals surface area (Å²) in [6.07, 6.45) is 3.87. The Labute approximate surface area is 94.8 Å². The van der Waals surface area contributed by atoms with Gasteiger partial charge in [-0.1, -0.05) is 5.16 Å². The van der Waals surface area contributed by atoms with Crippen molar-refractivity contribution in [1.29, 1.82) is 0 Å². The zero-order valence-corrected chi connectivity index (χ0v) is 9.54. The van der Waals surface area contributed by atoms with E-state index in [-0.39, 0.29) is 11.9 Å². The van der Waals surface area contributed by atoms with Gasteiger partial charge in [-0.3, -0.25) is 0 Å². The van der Waals surface area contributed by atoms with E-state index in [9.17, 15) is 0 Å². The summed E-state index contributed by atoms with van der Waals surface area (Å²) in [5.74, 6) is 0.866. The third-order valence-electron chi connectivity index (χ3n) is 2.17. The molecule has 3 N–H and O–H groups in total. The second kappa shape index (κ2) is 5.89. The lowest BCUT2D eigenvalue weighted by atomic mass is 10.3. The van der Waals surface area contributed by atoms with Crippen molar-refractivity contribution < 1.29 is 5.21 Å². The summed E-state index contributed by atoms with van der Waals surface area (Å²) >= 11 is 0. The van der Waals surface area contributed by atoms with Gasteiger partial charge in [-0.25, -0.2) is 9.97 Å². The van der Waals surface area contributed by atoms with Gasteiger partial charge in [-0.15, -0.1) is 0 Å². The number of aromatic nitrogens is 2. The Bertz CT molecular complexity index is 338. The monoisotopic (exact) mass is 223 g/mol. The number of anilines is 1. The lowest BCUT2D eigenvalue weighted by Gasteiger charge is -2.26. The Morgan fingerprint density at radius 1 is 1.50 bits per heavy atom. The molecule has 0 bridgehead atoms. The molecule has 1 aromatic heterocycles. The number of nitrogens with two attached hydrogens (primary N) is 1. The quantitative estimate of drug-likeness (QED) is 0.334. The van der Waals surface area contributed by atoms with Gasteiger partial charge in [0.15, 0.2) is 0 Å². The fourth-order valence-corrected chi connectivity index (χ4v) is 1.31. The summed E-state index contributed by atoms with van der Waals surface area (Å²) < 4.78 is 0. The summed E-state index contributed by atoms with van der Waals surface area (Å²) in [6.45, 7) is 4.71. The van der Waals surface area contributed by atoms with Crippen LogP contribution in [0.2, 0.25) is 0 Å². The summed E-state index contributed by atoms with van der Waals surface area (Å²) in [4.78, 5) is 10.3. The summed E-state index contributed by atoms with van der Waals surface area (Å²) in [5, 5.41) is 11.4. The highest BCUT2D eigenvalue weighted by Crippen LogP contribution is 2.09. The first-order valence-electron chi connectivity index (χ1n) is 5.15. The zero-order valence-electron chi connectivity index (χ0n) is 9.54. The van der Waals surface area contributed by atoms with E-state index in [0.29, 0.717) is 18.9 Å². The maximum atomic E-state index is 8.47. The van der Waals surface area contributed by atoms with E-state index < -0.39 is 0 Å². The van der Waals surface area contributed by atoms with Crippen LogP contribution in [0.15, 0.2) is 23.6 Å². The highest BCUT2D eigenvalue weighted by atomic mass is 16.4. The molecule has 0 fully saturated rings. The Balaban J connectivity index is 2.69. The average molecular weight is 223 g/mol. The van der Waals surface area contributed by atoms with Gasteiger partial charge < -0.3 is 15.8 Å². The molecule has 0 aliphatic carbocycles. The van der Waals surface area contributed by atoms with Crippen molar-refractivity contribution in [3.63, 3.8) is 0 Å². The third-order valence-corrected chi connectivity index (χ3v) is 2.17. The van der Waals surface area contributed by atoms with Gasteiger partial charge in [0.1, 0.15) is 5.84 Å². The molecule has 0 aliphatic rings. The molecule has 0 aliphatic heterocycles. The summed E-state index contributed by atoms with van der Waals surface area (Å²) in [5.41, 5.74) is 5.43. The van der Waals surface area contributed by atoms with E-state index in [1.165, 1.54) is 0 Å². The van der Waals surface area contributed by atoms with Crippen LogP contribution >= 0.6 is 0 Å². The van der Waals surface area contributed by atoms with Gasteiger partial charge in [-0.05, 0) is 19.9 Å². The normalized spacial score (nSPS) is 11.8. The standard InChI is InChI=1S/C10H17N5O/c1-8(2)15(7-4-9(11)14-16)10-12-5-3-6-13-10/h3,5-6,8,16H,4,7H2,1-2H3,(H2,11,14). The third kappa shape index (κ3) is 3.38. The molecule has 0 spiro atoms. The first-order valence-corrected chi connectivity index (χ1v) is 5.15. The van der Waals surface area contributed by atoms with Crippen LogP contribution in [-0.2, 0) is 0 Å². The number of oxime groups is 1. The Morgan fingerprint density at radius 3 is 2.62 bits per heavy atom. The predicted molar refractivity (Wildman–Crippen MR) is 62.5 cm³/mol. The molecular formula is C10H17N5O. The Morgan fingerprint density at radius 2 is 2.12 bits per heavy atom. The van der Waals surface area contributed by atoms with E-state index in [4.69, 9.17) is 10.9 Å². The fraction of sp³-hybridized carbons (Fsp3) is 0.500. The van der Waals surface area contributed by atoms with Crippen LogP contribution in [0, 0.1) is 0 Å². The van der Waals surface area contributed by atoms with Crippen LogP contribution in [-0.4, -0.2) is 33.6 Å². The lowest BCUT2D eigenvalue weighted by molar-refractivity contribution is 0.317. The van der Waals surface area contributed by atoms with Crippen molar-refractivity contribution >= 4 is 11.8 Å². The minimum atomic E-state index is 0.210. The van der Waals surface area contributed by atoms with Gasteiger partial charge in [0.25, 0.3) is 0 Å². The van der Waals surface area contributed by atoms with Gasteiger partial charge in [0.05, 0.1) is 0 Å². The van der Waals surface area contributed by atoms with Gasteiger partial charge in [-0.2, -0.15) is 0 Å². The van der Waals surface area contributed by atoms with Crippen molar-refractivity contribution in [2.75, 3.05) is 11.4 Å². The molecule has 1 rings (SSSR count). The first-order chi connectivity index (χ1) is 7.65. The minimum Gasteiger partial charge on any atom is -0.409 e. The molecule has 88 valence electrons. The van der Waals surface area contributed by atoms with E-state index in [1.54, 1.807) is 18.5 Å². The highest BCUT2D eigenvalue weighted by Gasteiger charge is 2.12. The zero-order chi connectivity index (χ0) is 12.0. The summed E-state index contributed by atoms with van der Waals surface area (Å²) in [6, 6.07) is 2.03. The second-order valence-electron chi connectivity index (χ2n) is 3.68. The number of hydrogen-bond donors (Lipinski definition) is 2. The van der Waals surface area contributed by atoms with Gasteiger partial charge >= 0.3 is 0 Å². The maximum absolute atomic E-state index is 8.47. The van der Waals surface area contributed by atoms with Gasteiger partial charge in [0.2, 0.25) is 5.95 Å². The number of rotatable bonds is 5. The molecule has 0 atom stereocenters. The number of hydrogen-bond acceptors (Lipinski definition) is 5. The van der Waals surface area contributed by atoms with Crippen molar-refractivity contribution in [2.45, 2.75) is 26.3 Å². The molecule has 6 nitrogen and oxygen atoms in total. The molecule has 0 saturated heterocycles. The summed E-state index contributed by atoms with van der Waals surface area (Å²) in [7, 11) is 0. The van der Waals surface area contributed by atoms with Crippen LogP contribution in [0.4, 0.5) is 5.95 Å². The Hall–Kier alpha value is -1.85. The van der Waals surface area contributed by atoms with E-state index >= 15 is 0 Å². The molecule has 0 unspecified atom stereocenters. The smallest absolute Gasteiger partial charge is 0.225 e. The second-order valence-corrected chi connectivity index (χ2v) is 3.68. The molecular weight excluding hydrogens is 206 g/mol. The fourth-order valence-electron chi connectivity index (χ4n) is 1.31. The van der Waals surface area contributed by atoms with E-state index in [1.807, 2.05) is 18.7 Å².